The van der Waals surface area contributed by atoms with Crippen molar-refractivity contribution in [3.05, 3.63) is 10.6 Å². The van der Waals surface area contributed by atoms with E-state index in [0.29, 0.717) is 4.48 Å². The number of hydrogen-bond acceptors (Lipinski definition) is 5. The molecule has 110 valence electrons. The van der Waals surface area contributed by atoms with E-state index in [1.807, 2.05) is 0 Å². The van der Waals surface area contributed by atoms with E-state index in [1.165, 1.54) is 20.1 Å². The van der Waals surface area contributed by atoms with Crippen LogP contribution in [0.5, 0.6) is 0 Å². The van der Waals surface area contributed by atoms with Gasteiger partial charge in [-0.05, 0) is 36.7 Å². The summed E-state index contributed by atoms with van der Waals surface area (Å²) >= 11 is 3.24. The van der Waals surface area contributed by atoms with Crippen LogP contribution in [0.15, 0.2) is 20.5 Å². The lowest BCUT2D eigenvalue weighted by Crippen LogP contribution is -2.58. The Morgan fingerprint density at radius 2 is 2.00 bits per heavy atom. The molecule has 0 spiro atoms. The zero-order valence-electron chi connectivity index (χ0n) is 11.4. The second-order valence-corrected chi connectivity index (χ2v) is 9.20. The maximum Gasteiger partial charge on any atom is 0.255 e. The molecule has 1 amide bonds. The summed E-state index contributed by atoms with van der Waals surface area (Å²) < 4.78 is 24.2. The van der Waals surface area contributed by atoms with Crippen LogP contribution in [-0.4, -0.2) is 42.4 Å². The first-order chi connectivity index (χ1) is 8.99. The number of carbonyl (C=O) groups excluding carboxylic acids is 1. The summed E-state index contributed by atoms with van der Waals surface area (Å²) in [5.41, 5.74) is 4.71. The van der Waals surface area contributed by atoms with Gasteiger partial charge < -0.3 is 5.73 Å². The molecule has 0 aliphatic carbocycles. The Hall–Kier alpha value is -1.02. The monoisotopic (exact) mass is 361 g/mol. The molecule has 20 heavy (non-hydrogen) atoms. The second kappa shape index (κ2) is 4.49. The molecule has 2 aliphatic heterocycles. The lowest BCUT2D eigenvalue weighted by atomic mass is 9.85. The normalized spacial score (nSPS) is 35.4. The Bertz CT molecular complexity index is 663. The van der Waals surface area contributed by atoms with Gasteiger partial charge in [-0.3, -0.25) is 9.79 Å². The number of dihydropyridines is 1. The minimum Gasteiger partial charge on any atom is -0.386 e. The van der Waals surface area contributed by atoms with Crippen molar-refractivity contribution < 1.29 is 13.2 Å². The van der Waals surface area contributed by atoms with Gasteiger partial charge in [0.2, 0.25) is 0 Å². The van der Waals surface area contributed by atoms with Crippen LogP contribution in [0.3, 0.4) is 0 Å². The van der Waals surface area contributed by atoms with Crippen molar-refractivity contribution in [1.29, 1.82) is 0 Å². The van der Waals surface area contributed by atoms with Crippen LogP contribution in [0, 0.1) is 5.92 Å². The Morgan fingerprint density at radius 3 is 2.55 bits per heavy atom. The van der Waals surface area contributed by atoms with E-state index in [9.17, 15) is 13.2 Å². The number of amides is 1. The molecule has 2 rings (SSSR count). The number of allylic oxidation sites excluding steroid dienone is 1. The summed E-state index contributed by atoms with van der Waals surface area (Å²) in [7, 11) is -3.51. The molecule has 0 aromatic rings. The number of halogens is 1. The third kappa shape index (κ3) is 2.24. The number of amidine groups is 1. The van der Waals surface area contributed by atoms with Gasteiger partial charge in [0.05, 0.1) is 17.2 Å². The van der Waals surface area contributed by atoms with Gasteiger partial charge in [0.25, 0.3) is 5.91 Å². The Morgan fingerprint density at radius 1 is 1.40 bits per heavy atom. The smallest absolute Gasteiger partial charge is 0.255 e. The minimum atomic E-state index is -3.51. The fraction of sp³-hybridized carbons (Fsp3) is 0.583. The minimum absolute atomic E-state index is 0.0260. The number of hydrogen-bond donors (Lipinski definition) is 1. The van der Waals surface area contributed by atoms with Crippen molar-refractivity contribution in [2.24, 2.45) is 21.6 Å². The number of sulfone groups is 1. The van der Waals surface area contributed by atoms with Gasteiger partial charge in [0.1, 0.15) is 10.6 Å². The van der Waals surface area contributed by atoms with E-state index in [0.717, 1.165) is 0 Å². The maximum atomic E-state index is 12.4. The quantitative estimate of drug-likeness (QED) is 0.746. The van der Waals surface area contributed by atoms with Crippen molar-refractivity contribution >= 4 is 43.7 Å². The van der Waals surface area contributed by atoms with Crippen molar-refractivity contribution in [3.63, 3.8) is 0 Å². The van der Waals surface area contributed by atoms with Crippen LogP contribution in [-0.2, 0) is 14.6 Å². The van der Waals surface area contributed by atoms with E-state index >= 15 is 0 Å². The Balaban J connectivity index is 2.55. The molecule has 0 fully saturated rings. The first-order valence-corrected chi connectivity index (χ1v) is 8.47. The zero-order valence-corrected chi connectivity index (χ0v) is 13.8. The highest BCUT2D eigenvalue weighted by Crippen LogP contribution is 2.37. The number of carbonyl (C=O) groups is 1. The molecule has 2 N–H and O–H groups in total. The van der Waals surface area contributed by atoms with Gasteiger partial charge in [-0.2, -0.15) is 0 Å². The molecular weight excluding hydrogens is 346 g/mol. The van der Waals surface area contributed by atoms with Gasteiger partial charge in [0, 0.05) is 10.7 Å². The van der Waals surface area contributed by atoms with Crippen LogP contribution >= 0.6 is 15.9 Å². The average Bonchev–Trinajstić information content (AvgIpc) is 2.29. The topological polar surface area (TPSA) is 102 Å². The SMILES string of the molecule is CC1(C)C(N)=N[C@](C)(C2C=C(Br)C=NC2=O)CS1(=O)=O. The third-order valence-electron chi connectivity index (χ3n) is 3.83. The average molecular weight is 362 g/mol. The summed E-state index contributed by atoms with van der Waals surface area (Å²) in [6.07, 6.45) is 3.01. The van der Waals surface area contributed by atoms with E-state index in [2.05, 4.69) is 25.9 Å². The van der Waals surface area contributed by atoms with Crippen molar-refractivity contribution in [2.45, 2.75) is 31.1 Å². The fourth-order valence-corrected chi connectivity index (χ4v) is 4.36. The Kier molecular flexibility index (Phi) is 3.45. The first kappa shape index (κ1) is 15.4. The molecule has 1 unspecified atom stereocenters. The van der Waals surface area contributed by atoms with Gasteiger partial charge in [0.15, 0.2) is 9.84 Å². The third-order valence-corrected chi connectivity index (χ3v) is 7.03. The zero-order chi connectivity index (χ0) is 15.3. The largest absolute Gasteiger partial charge is 0.386 e. The molecule has 6 nitrogen and oxygen atoms in total. The van der Waals surface area contributed by atoms with E-state index < -0.39 is 31.9 Å². The molecule has 0 radical (unpaired) electrons. The van der Waals surface area contributed by atoms with Crippen LogP contribution in [0.4, 0.5) is 0 Å². The highest BCUT2D eigenvalue weighted by Gasteiger charge is 2.52. The van der Waals surface area contributed by atoms with E-state index in [-0.39, 0.29) is 11.6 Å². The molecule has 0 aromatic heterocycles. The highest BCUT2D eigenvalue weighted by molar-refractivity contribution is 9.12. The van der Waals surface area contributed by atoms with E-state index in [4.69, 9.17) is 5.73 Å². The summed E-state index contributed by atoms with van der Waals surface area (Å²) in [5.74, 6) is -1.37. The first-order valence-electron chi connectivity index (χ1n) is 6.03. The van der Waals surface area contributed by atoms with Crippen LogP contribution < -0.4 is 5.73 Å². The van der Waals surface area contributed by atoms with Gasteiger partial charge in [-0.15, -0.1) is 0 Å². The predicted octanol–water partition coefficient (Wildman–Crippen LogP) is 0.815. The molecule has 8 heteroatoms. The lowest BCUT2D eigenvalue weighted by molar-refractivity contribution is -0.121. The molecule has 0 bridgehead atoms. The number of rotatable bonds is 1. The van der Waals surface area contributed by atoms with Crippen LogP contribution in [0.2, 0.25) is 0 Å². The predicted molar refractivity (Wildman–Crippen MR) is 81.9 cm³/mol. The number of nitrogens with zero attached hydrogens (tertiary/aromatic N) is 2. The standard InChI is InChI=1S/C12H16BrN3O3S/c1-11(2)10(14)16-12(3,6-20(11,18)19)8-4-7(13)5-15-9(8)17/h4-5,8H,6H2,1-3H3,(H2,14,16)/t8?,12-/m0/s1. The number of aliphatic imine (C=N–C) groups is 2. The van der Waals surface area contributed by atoms with Crippen LogP contribution in [0.1, 0.15) is 20.8 Å². The van der Waals surface area contributed by atoms with Crippen molar-refractivity contribution in [1.82, 2.24) is 0 Å². The fourth-order valence-electron chi connectivity index (χ4n) is 2.25. The molecule has 0 saturated heterocycles. The van der Waals surface area contributed by atoms with Crippen molar-refractivity contribution in [3.8, 4) is 0 Å². The van der Waals surface area contributed by atoms with Crippen LogP contribution in [0.25, 0.3) is 0 Å². The maximum absolute atomic E-state index is 12.4. The highest BCUT2D eigenvalue weighted by atomic mass is 79.9. The number of nitrogens with two attached hydrogens (primary N) is 1. The molecule has 0 aromatic carbocycles. The lowest BCUT2D eigenvalue weighted by Gasteiger charge is -2.40. The van der Waals surface area contributed by atoms with Gasteiger partial charge in [-0.25, -0.2) is 13.4 Å². The van der Waals surface area contributed by atoms with Gasteiger partial charge >= 0.3 is 0 Å². The van der Waals surface area contributed by atoms with Gasteiger partial charge in [-0.1, -0.05) is 6.08 Å². The summed E-state index contributed by atoms with van der Waals surface area (Å²) in [4.78, 5) is 20.0. The molecular formula is C12H16BrN3O3S. The molecule has 2 aliphatic rings. The summed E-state index contributed by atoms with van der Waals surface area (Å²) in [6.45, 7) is 4.66. The Labute approximate surface area is 126 Å². The molecule has 2 atom stereocenters. The van der Waals surface area contributed by atoms with Crippen molar-refractivity contribution in [2.75, 3.05) is 5.75 Å². The summed E-state index contributed by atoms with van der Waals surface area (Å²) in [5, 5.41) is 0. The molecule has 2 heterocycles. The molecule has 0 saturated carbocycles. The second-order valence-electron chi connectivity index (χ2n) is 5.75. The summed E-state index contributed by atoms with van der Waals surface area (Å²) in [6, 6.07) is 0. The van der Waals surface area contributed by atoms with E-state index in [1.54, 1.807) is 13.0 Å².